The fourth-order valence-corrected chi connectivity index (χ4v) is 2.30. The van der Waals surface area contributed by atoms with Crippen LogP contribution in [0.5, 0.6) is 5.75 Å². The average molecular weight is 216 g/mol. The van der Waals surface area contributed by atoms with Crippen LogP contribution in [0.25, 0.3) is 0 Å². The third-order valence-corrected chi connectivity index (χ3v) is 3.17. The molecule has 16 heavy (non-hydrogen) atoms. The Morgan fingerprint density at radius 1 is 1.25 bits per heavy atom. The Hall–Kier alpha value is -1.51. The van der Waals surface area contributed by atoms with Gasteiger partial charge in [0.1, 0.15) is 12.4 Å². The van der Waals surface area contributed by atoms with Crippen molar-refractivity contribution >= 4 is 5.84 Å². The van der Waals surface area contributed by atoms with Crippen molar-refractivity contribution < 1.29 is 4.74 Å². The van der Waals surface area contributed by atoms with Crippen LogP contribution >= 0.6 is 0 Å². The second kappa shape index (κ2) is 4.16. The van der Waals surface area contributed by atoms with Crippen LogP contribution in [0.2, 0.25) is 0 Å². The molecule has 0 radical (unpaired) electrons. The molecule has 84 valence electrons. The van der Waals surface area contributed by atoms with Gasteiger partial charge in [-0.1, -0.05) is 18.2 Å². The third kappa shape index (κ3) is 1.77. The van der Waals surface area contributed by atoms with E-state index in [4.69, 9.17) is 4.74 Å². The number of aliphatic imine (C=N–C) groups is 1. The summed E-state index contributed by atoms with van der Waals surface area (Å²) in [4.78, 5) is 4.52. The number of hydrogen-bond acceptors (Lipinski definition) is 3. The van der Waals surface area contributed by atoms with E-state index in [1.807, 2.05) is 12.1 Å². The molecule has 0 aliphatic carbocycles. The van der Waals surface area contributed by atoms with Crippen molar-refractivity contribution in [1.82, 2.24) is 5.32 Å². The second-order valence-corrected chi connectivity index (χ2v) is 4.33. The molecule has 0 amide bonds. The Kier molecular flexibility index (Phi) is 2.52. The number of benzene rings is 1. The topological polar surface area (TPSA) is 33.6 Å². The Balaban J connectivity index is 1.75. The van der Waals surface area contributed by atoms with Gasteiger partial charge < -0.3 is 10.1 Å². The summed E-state index contributed by atoms with van der Waals surface area (Å²) < 4.78 is 5.64. The first-order valence-corrected chi connectivity index (χ1v) is 5.95. The quantitative estimate of drug-likeness (QED) is 0.781. The van der Waals surface area contributed by atoms with Gasteiger partial charge in [-0.05, 0) is 18.9 Å². The molecule has 0 saturated carbocycles. The minimum Gasteiger partial charge on any atom is -0.491 e. The highest BCUT2D eigenvalue weighted by Crippen LogP contribution is 2.31. The number of rotatable bonds is 1. The second-order valence-electron chi connectivity index (χ2n) is 4.33. The maximum Gasteiger partial charge on any atom is 0.124 e. The maximum atomic E-state index is 5.64. The molecule has 2 aliphatic heterocycles. The van der Waals surface area contributed by atoms with E-state index in [9.17, 15) is 0 Å². The predicted octanol–water partition coefficient (Wildman–Crippen LogP) is 2.29. The molecule has 1 aromatic carbocycles. The van der Waals surface area contributed by atoms with Crippen LogP contribution in [0.3, 0.4) is 0 Å². The van der Waals surface area contributed by atoms with Gasteiger partial charge in [0.15, 0.2) is 0 Å². The zero-order valence-electron chi connectivity index (χ0n) is 9.28. The van der Waals surface area contributed by atoms with Crippen molar-refractivity contribution in [1.29, 1.82) is 0 Å². The summed E-state index contributed by atoms with van der Waals surface area (Å²) in [6.45, 7) is 1.69. The first kappa shape index (κ1) is 9.70. The van der Waals surface area contributed by atoms with Gasteiger partial charge in [0, 0.05) is 18.5 Å². The number of nitrogens with zero attached hydrogens (tertiary/aromatic N) is 1. The van der Waals surface area contributed by atoms with Crippen LogP contribution in [0, 0.1) is 0 Å². The first-order valence-electron chi connectivity index (χ1n) is 5.95. The molecule has 1 N–H and O–H groups in total. The smallest absolute Gasteiger partial charge is 0.124 e. The van der Waals surface area contributed by atoms with E-state index in [2.05, 4.69) is 22.4 Å². The molecule has 3 heteroatoms. The molecule has 1 aromatic rings. The Morgan fingerprint density at radius 3 is 3.06 bits per heavy atom. The van der Waals surface area contributed by atoms with Gasteiger partial charge in [0.2, 0.25) is 0 Å². The lowest BCUT2D eigenvalue weighted by Gasteiger charge is -2.18. The molecule has 2 aliphatic rings. The number of fused-ring (bicyclic) bond motifs is 1. The van der Waals surface area contributed by atoms with Gasteiger partial charge >= 0.3 is 0 Å². The first-order chi connectivity index (χ1) is 7.93. The van der Waals surface area contributed by atoms with Crippen molar-refractivity contribution in [2.24, 2.45) is 4.99 Å². The minimum absolute atomic E-state index is 0.285. The van der Waals surface area contributed by atoms with Crippen molar-refractivity contribution in [3.05, 3.63) is 29.8 Å². The Labute approximate surface area is 95.5 Å². The van der Waals surface area contributed by atoms with E-state index in [1.165, 1.54) is 18.4 Å². The molecule has 2 heterocycles. The largest absolute Gasteiger partial charge is 0.491 e. The summed E-state index contributed by atoms with van der Waals surface area (Å²) >= 11 is 0. The van der Waals surface area contributed by atoms with Gasteiger partial charge in [-0.15, -0.1) is 0 Å². The Bertz CT molecular complexity index is 414. The van der Waals surface area contributed by atoms with Crippen LogP contribution < -0.4 is 10.1 Å². The molecule has 0 bridgehead atoms. The summed E-state index contributed by atoms with van der Waals surface area (Å²) in [5, 5.41) is 3.50. The van der Waals surface area contributed by atoms with E-state index in [1.54, 1.807) is 0 Å². The molecular formula is C13H16N2O. The lowest BCUT2D eigenvalue weighted by atomic mass is 10.1. The van der Waals surface area contributed by atoms with Crippen LogP contribution in [-0.4, -0.2) is 19.0 Å². The van der Waals surface area contributed by atoms with E-state index >= 15 is 0 Å². The number of hydrogen-bond donors (Lipinski definition) is 1. The standard InChI is InChI=1S/C13H16N2O/c1-2-6-12-10(5-1)11(9-16-12)15-13-7-3-4-8-14-13/h1-2,5-6,11H,3-4,7-9H2,(H,14,15). The predicted molar refractivity (Wildman–Crippen MR) is 64.0 cm³/mol. The zero-order chi connectivity index (χ0) is 10.8. The molecule has 3 nitrogen and oxygen atoms in total. The van der Waals surface area contributed by atoms with Crippen molar-refractivity contribution in [3.8, 4) is 5.75 Å². The molecule has 1 atom stereocenters. The molecule has 0 aromatic heterocycles. The zero-order valence-corrected chi connectivity index (χ0v) is 9.28. The fraction of sp³-hybridized carbons (Fsp3) is 0.462. The highest BCUT2D eigenvalue weighted by Gasteiger charge is 2.24. The molecule has 0 saturated heterocycles. The fourth-order valence-electron chi connectivity index (χ4n) is 2.30. The molecule has 0 spiro atoms. The Morgan fingerprint density at radius 2 is 2.19 bits per heavy atom. The summed E-state index contributed by atoms with van der Waals surface area (Å²) in [5.74, 6) is 2.16. The van der Waals surface area contributed by atoms with Crippen molar-refractivity contribution in [2.45, 2.75) is 25.3 Å². The summed E-state index contributed by atoms with van der Waals surface area (Å²) in [7, 11) is 0. The average Bonchev–Trinajstić information content (AvgIpc) is 2.74. The monoisotopic (exact) mass is 216 g/mol. The summed E-state index contributed by atoms with van der Waals surface area (Å²) in [5.41, 5.74) is 1.26. The normalized spacial score (nSPS) is 23.2. The van der Waals surface area contributed by atoms with Gasteiger partial charge in [-0.3, -0.25) is 4.99 Å². The van der Waals surface area contributed by atoms with Crippen LogP contribution in [0.15, 0.2) is 29.3 Å². The highest BCUT2D eigenvalue weighted by atomic mass is 16.5. The van der Waals surface area contributed by atoms with E-state index in [0.29, 0.717) is 0 Å². The SMILES string of the molecule is c1ccc2c(c1)OCC2NC1=NCCCC1. The molecule has 3 rings (SSSR count). The molecule has 1 unspecified atom stereocenters. The van der Waals surface area contributed by atoms with Gasteiger partial charge in [0.05, 0.1) is 11.9 Å². The number of para-hydroxylation sites is 1. The molecular weight excluding hydrogens is 200 g/mol. The van der Waals surface area contributed by atoms with Crippen molar-refractivity contribution in [3.63, 3.8) is 0 Å². The van der Waals surface area contributed by atoms with Gasteiger partial charge in [-0.2, -0.15) is 0 Å². The number of nitrogens with one attached hydrogen (secondary N) is 1. The van der Waals surface area contributed by atoms with E-state index in [0.717, 1.165) is 31.2 Å². The summed E-state index contributed by atoms with van der Waals surface area (Å²) in [6.07, 6.45) is 3.56. The van der Waals surface area contributed by atoms with Gasteiger partial charge in [0.25, 0.3) is 0 Å². The molecule has 0 fully saturated rings. The highest BCUT2D eigenvalue weighted by molar-refractivity contribution is 5.83. The minimum atomic E-state index is 0.285. The number of ether oxygens (including phenoxy) is 1. The lowest BCUT2D eigenvalue weighted by Crippen LogP contribution is -2.31. The van der Waals surface area contributed by atoms with E-state index < -0.39 is 0 Å². The van der Waals surface area contributed by atoms with Crippen LogP contribution in [0.4, 0.5) is 0 Å². The summed E-state index contributed by atoms with van der Waals surface area (Å²) in [6, 6.07) is 8.51. The van der Waals surface area contributed by atoms with E-state index in [-0.39, 0.29) is 6.04 Å². The third-order valence-electron chi connectivity index (χ3n) is 3.17. The lowest BCUT2D eigenvalue weighted by molar-refractivity contribution is 0.323. The maximum absolute atomic E-state index is 5.64. The number of amidine groups is 1. The van der Waals surface area contributed by atoms with Gasteiger partial charge in [-0.25, -0.2) is 0 Å². The van der Waals surface area contributed by atoms with Crippen LogP contribution in [0.1, 0.15) is 30.9 Å². The van der Waals surface area contributed by atoms with Crippen molar-refractivity contribution in [2.75, 3.05) is 13.2 Å². The van der Waals surface area contributed by atoms with Crippen LogP contribution in [-0.2, 0) is 0 Å².